The number of hydrazone groups is 1. The maximum absolute atomic E-state index is 12.2. The molecule has 0 spiro atoms. The predicted molar refractivity (Wildman–Crippen MR) is 119 cm³/mol. The number of nitrogens with zero attached hydrogens (tertiary/aromatic N) is 2. The second-order valence-corrected chi connectivity index (χ2v) is 6.74. The Kier molecular flexibility index (Phi) is 7.78. The summed E-state index contributed by atoms with van der Waals surface area (Å²) in [6.45, 7) is 3.10. The Labute approximate surface area is 181 Å². The number of benzene rings is 3. The van der Waals surface area contributed by atoms with Crippen molar-refractivity contribution in [2.45, 2.75) is 20.0 Å². The van der Waals surface area contributed by atoms with E-state index in [1.54, 1.807) is 42.6 Å². The molecule has 3 aromatic carbocycles. The van der Waals surface area contributed by atoms with Gasteiger partial charge in [0.25, 0.3) is 5.91 Å². The maximum Gasteiger partial charge on any atom is 0.271 e. The zero-order valence-electron chi connectivity index (χ0n) is 17.2. The average molecular weight is 413 g/mol. The predicted octanol–water partition coefficient (Wildman–Crippen LogP) is 4.69. The van der Waals surface area contributed by atoms with Gasteiger partial charge in [-0.3, -0.25) is 4.79 Å². The van der Waals surface area contributed by atoms with Gasteiger partial charge in [0.05, 0.1) is 24.5 Å². The molecule has 0 radical (unpaired) electrons. The van der Waals surface area contributed by atoms with Crippen molar-refractivity contribution in [1.29, 1.82) is 5.26 Å². The number of hydrogen-bond acceptors (Lipinski definition) is 5. The molecule has 6 heteroatoms. The van der Waals surface area contributed by atoms with Crippen LogP contribution < -0.4 is 14.9 Å². The molecule has 0 aliphatic carbocycles. The van der Waals surface area contributed by atoms with Crippen molar-refractivity contribution in [1.82, 2.24) is 5.43 Å². The zero-order valence-corrected chi connectivity index (χ0v) is 17.2. The van der Waals surface area contributed by atoms with Gasteiger partial charge in [-0.2, -0.15) is 10.4 Å². The Bertz CT molecular complexity index is 1050. The van der Waals surface area contributed by atoms with E-state index in [4.69, 9.17) is 14.7 Å². The normalized spacial score (nSPS) is 10.5. The molecule has 0 heterocycles. The Morgan fingerprint density at radius 2 is 1.61 bits per heavy atom. The zero-order chi connectivity index (χ0) is 21.9. The van der Waals surface area contributed by atoms with Crippen LogP contribution in [0.2, 0.25) is 0 Å². The molecule has 0 saturated carbocycles. The highest BCUT2D eigenvalue weighted by Gasteiger charge is 2.04. The summed E-state index contributed by atoms with van der Waals surface area (Å²) in [7, 11) is 0. The van der Waals surface area contributed by atoms with Crippen molar-refractivity contribution in [3.8, 4) is 17.6 Å². The molecule has 0 aliphatic rings. The number of nitriles is 1. The van der Waals surface area contributed by atoms with E-state index < -0.39 is 0 Å². The summed E-state index contributed by atoms with van der Waals surface area (Å²) in [6, 6.07) is 23.7. The number of nitrogens with one attached hydrogen (secondary N) is 1. The number of ether oxygens (including phenoxy) is 2. The molecule has 0 bridgehead atoms. The molecule has 3 rings (SSSR count). The van der Waals surface area contributed by atoms with Crippen LogP contribution in [0.25, 0.3) is 0 Å². The number of rotatable bonds is 9. The van der Waals surface area contributed by atoms with Crippen LogP contribution in [0, 0.1) is 11.3 Å². The number of carbonyl (C=O) groups excluding carboxylic acids is 1. The van der Waals surface area contributed by atoms with Crippen LogP contribution in [0.15, 0.2) is 77.9 Å². The van der Waals surface area contributed by atoms with E-state index in [-0.39, 0.29) is 5.91 Å². The highest BCUT2D eigenvalue weighted by atomic mass is 16.5. The van der Waals surface area contributed by atoms with Gasteiger partial charge in [0.2, 0.25) is 0 Å². The Morgan fingerprint density at radius 1 is 0.968 bits per heavy atom. The Balaban J connectivity index is 1.47. The van der Waals surface area contributed by atoms with Crippen LogP contribution in [0.5, 0.6) is 11.5 Å². The van der Waals surface area contributed by atoms with E-state index in [0.29, 0.717) is 24.3 Å². The second kappa shape index (κ2) is 11.2. The summed E-state index contributed by atoms with van der Waals surface area (Å²) >= 11 is 0. The van der Waals surface area contributed by atoms with Gasteiger partial charge < -0.3 is 9.47 Å². The first-order chi connectivity index (χ1) is 15.2. The maximum atomic E-state index is 12.2. The van der Waals surface area contributed by atoms with Gasteiger partial charge in [0.1, 0.15) is 18.1 Å². The van der Waals surface area contributed by atoms with Crippen molar-refractivity contribution in [3.63, 3.8) is 0 Å². The summed E-state index contributed by atoms with van der Waals surface area (Å²) in [6.07, 6.45) is 2.50. The Morgan fingerprint density at radius 3 is 2.26 bits per heavy atom. The summed E-state index contributed by atoms with van der Waals surface area (Å²) in [5, 5.41) is 12.8. The molecular weight excluding hydrogens is 390 g/mol. The first-order valence-electron chi connectivity index (χ1n) is 9.96. The van der Waals surface area contributed by atoms with E-state index in [2.05, 4.69) is 16.6 Å². The molecule has 1 amide bonds. The SMILES string of the molecule is CCCOc1ccc(C(=O)N/N=C\c2ccc(OCc3ccc(C#N)cc3)cc2)cc1. The second-order valence-electron chi connectivity index (χ2n) is 6.74. The molecule has 0 saturated heterocycles. The molecule has 1 N–H and O–H groups in total. The van der Waals surface area contributed by atoms with Crippen molar-refractivity contribution in [2.24, 2.45) is 5.10 Å². The standard InChI is InChI=1S/C25H23N3O3/c1-2-15-30-23-13-9-22(10-14-23)25(29)28-27-17-20-7-11-24(12-8-20)31-18-21-5-3-19(16-26)4-6-21/h3-14,17H,2,15,18H2,1H3,(H,28,29)/b27-17-. The van der Waals surface area contributed by atoms with Crippen LogP contribution in [0.4, 0.5) is 0 Å². The summed E-state index contributed by atoms with van der Waals surface area (Å²) in [4.78, 5) is 12.2. The molecule has 31 heavy (non-hydrogen) atoms. The smallest absolute Gasteiger partial charge is 0.271 e. The number of hydrogen-bond donors (Lipinski definition) is 1. The Hall–Kier alpha value is -4.11. The average Bonchev–Trinajstić information content (AvgIpc) is 2.83. The molecular formula is C25H23N3O3. The molecule has 0 aromatic heterocycles. The van der Waals surface area contributed by atoms with Crippen molar-refractivity contribution >= 4 is 12.1 Å². The van der Waals surface area contributed by atoms with Gasteiger partial charge in [-0.05, 0) is 78.2 Å². The molecule has 6 nitrogen and oxygen atoms in total. The van der Waals surface area contributed by atoms with Crippen LogP contribution in [0.1, 0.15) is 40.4 Å². The van der Waals surface area contributed by atoms with E-state index >= 15 is 0 Å². The topological polar surface area (TPSA) is 83.7 Å². The van der Waals surface area contributed by atoms with Crippen molar-refractivity contribution in [3.05, 3.63) is 95.1 Å². The minimum Gasteiger partial charge on any atom is -0.494 e. The van der Waals surface area contributed by atoms with Crippen LogP contribution in [-0.2, 0) is 6.61 Å². The lowest BCUT2D eigenvalue weighted by atomic mass is 10.1. The highest BCUT2D eigenvalue weighted by molar-refractivity contribution is 5.95. The summed E-state index contributed by atoms with van der Waals surface area (Å²) in [5.74, 6) is 1.17. The molecule has 0 fully saturated rings. The van der Waals surface area contributed by atoms with Crippen molar-refractivity contribution in [2.75, 3.05) is 6.61 Å². The van der Waals surface area contributed by atoms with Gasteiger partial charge in [-0.1, -0.05) is 19.1 Å². The minimum atomic E-state index is -0.291. The fraction of sp³-hybridized carbons (Fsp3) is 0.160. The third-order valence-corrected chi connectivity index (χ3v) is 4.34. The van der Waals surface area contributed by atoms with Crippen molar-refractivity contribution < 1.29 is 14.3 Å². The molecule has 3 aromatic rings. The first-order valence-corrected chi connectivity index (χ1v) is 9.96. The van der Waals surface area contributed by atoms with Gasteiger partial charge in [-0.25, -0.2) is 5.43 Å². The lowest BCUT2D eigenvalue weighted by Crippen LogP contribution is -2.17. The third kappa shape index (κ3) is 6.72. The van der Waals surface area contributed by atoms with Crippen LogP contribution >= 0.6 is 0 Å². The van der Waals surface area contributed by atoms with Gasteiger partial charge in [-0.15, -0.1) is 0 Å². The lowest BCUT2D eigenvalue weighted by molar-refractivity contribution is 0.0955. The van der Waals surface area contributed by atoms with E-state index in [1.807, 2.05) is 43.3 Å². The third-order valence-electron chi connectivity index (χ3n) is 4.34. The molecule has 0 aliphatic heterocycles. The van der Waals surface area contributed by atoms with Crippen LogP contribution in [0.3, 0.4) is 0 Å². The monoisotopic (exact) mass is 413 g/mol. The number of carbonyl (C=O) groups is 1. The van der Waals surface area contributed by atoms with E-state index in [9.17, 15) is 4.79 Å². The lowest BCUT2D eigenvalue weighted by Gasteiger charge is -2.06. The number of amides is 1. The van der Waals surface area contributed by atoms with E-state index in [0.717, 1.165) is 29.0 Å². The van der Waals surface area contributed by atoms with Gasteiger partial charge in [0, 0.05) is 5.56 Å². The fourth-order valence-corrected chi connectivity index (χ4v) is 2.64. The highest BCUT2D eigenvalue weighted by Crippen LogP contribution is 2.14. The van der Waals surface area contributed by atoms with Gasteiger partial charge >= 0.3 is 0 Å². The van der Waals surface area contributed by atoms with Crippen LogP contribution in [-0.4, -0.2) is 18.7 Å². The molecule has 0 atom stereocenters. The largest absolute Gasteiger partial charge is 0.494 e. The summed E-state index contributed by atoms with van der Waals surface area (Å²) in [5.41, 5.74) is 5.46. The first kappa shape index (κ1) is 21.6. The molecule has 156 valence electrons. The minimum absolute atomic E-state index is 0.291. The molecule has 0 unspecified atom stereocenters. The van der Waals surface area contributed by atoms with Gasteiger partial charge in [0.15, 0.2) is 0 Å². The quantitative estimate of drug-likeness (QED) is 0.407. The fourth-order valence-electron chi connectivity index (χ4n) is 2.64. The summed E-state index contributed by atoms with van der Waals surface area (Å²) < 4.78 is 11.3. The van der Waals surface area contributed by atoms with E-state index in [1.165, 1.54) is 0 Å².